The fourth-order valence-electron chi connectivity index (χ4n) is 3.84. The summed E-state index contributed by atoms with van der Waals surface area (Å²) in [6.45, 7) is 3.61. The summed E-state index contributed by atoms with van der Waals surface area (Å²) >= 11 is 17.5. The molecule has 5 nitrogen and oxygen atoms in total. The van der Waals surface area contributed by atoms with Crippen molar-refractivity contribution in [1.29, 1.82) is 0 Å². The highest BCUT2D eigenvalue weighted by Crippen LogP contribution is 2.33. The van der Waals surface area contributed by atoms with Crippen molar-refractivity contribution in [1.82, 2.24) is 9.88 Å². The lowest BCUT2D eigenvalue weighted by Gasteiger charge is -2.29. The van der Waals surface area contributed by atoms with Gasteiger partial charge in [-0.25, -0.2) is 0 Å². The van der Waals surface area contributed by atoms with Crippen LogP contribution in [0.15, 0.2) is 54.1 Å². The zero-order valence-electron chi connectivity index (χ0n) is 18.2. The summed E-state index contributed by atoms with van der Waals surface area (Å²) in [6.07, 6.45) is -3.23. The van der Waals surface area contributed by atoms with Crippen LogP contribution in [0.5, 0.6) is 0 Å². The number of carbonyl (C=O) groups is 2. The number of aryl methyl sites for hydroxylation is 1. The fraction of sp³-hybridized carbons (Fsp3) is 0.125. The summed E-state index contributed by atoms with van der Waals surface area (Å²) in [5.74, 6) is -1.59. The number of nitrogens with one attached hydrogen (secondary N) is 1. The standard InChI is InChI=1S/C24H16Cl2F3N3O2S/c1-12-8-14(13(2)31(12)20-7-6-16(25)11-19(20)26)9-18-21(33)30-23(35)32(22(18)34)17-5-3-4-15(10-17)24(27,28)29/h3-11H,1-2H3,(H,30,33,35)/b18-9+. The smallest absolute Gasteiger partial charge is 0.316 e. The number of benzene rings is 2. The van der Waals surface area contributed by atoms with Gasteiger partial charge in [-0.3, -0.25) is 19.8 Å². The lowest BCUT2D eigenvalue weighted by Crippen LogP contribution is -2.54. The first-order valence-corrected chi connectivity index (χ1v) is 11.3. The van der Waals surface area contributed by atoms with Crippen molar-refractivity contribution in [3.63, 3.8) is 0 Å². The molecular weight excluding hydrogens is 522 g/mol. The summed E-state index contributed by atoms with van der Waals surface area (Å²) in [5.41, 5.74) is 1.31. The van der Waals surface area contributed by atoms with Gasteiger partial charge in [-0.05, 0) is 80.2 Å². The third kappa shape index (κ3) is 4.71. The molecule has 0 bridgehead atoms. The van der Waals surface area contributed by atoms with Crippen LogP contribution in [-0.2, 0) is 15.8 Å². The van der Waals surface area contributed by atoms with E-state index in [2.05, 4.69) is 5.32 Å². The lowest BCUT2D eigenvalue weighted by atomic mass is 10.1. The quantitative estimate of drug-likeness (QED) is 0.244. The molecule has 3 aromatic rings. The molecule has 1 aromatic heterocycles. The van der Waals surface area contributed by atoms with Gasteiger partial charge in [-0.15, -0.1) is 0 Å². The first kappa shape index (κ1) is 25.0. The Labute approximate surface area is 213 Å². The first-order chi connectivity index (χ1) is 16.4. The number of amides is 2. The molecule has 2 heterocycles. The Hall–Kier alpha value is -3.14. The monoisotopic (exact) mass is 537 g/mol. The molecule has 1 saturated heterocycles. The molecule has 4 rings (SSSR count). The molecule has 1 fully saturated rings. The number of halogens is 5. The van der Waals surface area contributed by atoms with Crippen LogP contribution in [0.1, 0.15) is 22.5 Å². The van der Waals surface area contributed by atoms with Crippen LogP contribution in [0.25, 0.3) is 11.8 Å². The largest absolute Gasteiger partial charge is 0.416 e. The topological polar surface area (TPSA) is 54.3 Å². The Balaban J connectivity index is 1.77. The highest BCUT2D eigenvalue weighted by Gasteiger charge is 2.37. The minimum atomic E-state index is -4.61. The third-order valence-corrected chi connectivity index (χ3v) is 6.28. The maximum absolute atomic E-state index is 13.3. The number of hydrogen-bond acceptors (Lipinski definition) is 3. The highest BCUT2D eigenvalue weighted by atomic mass is 35.5. The Morgan fingerprint density at radius 3 is 2.40 bits per heavy atom. The van der Waals surface area contributed by atoms with E-state index in [4.69, 9.17) is 35.4 Å². The van der Waals surface area contributed by atoms with Gasteiger partial charge in [0, 0.05) is 16.4 Å². The van der Waals surface area contributed by atoms with Crippen molar-refractivity contribution in [3.8, 4) is 5.69 Å². The molecule has 1 aliphatic rings. The Kier molecular flexibility index (Phi) is 6.52. The molecule has 1 N–H and O–H groups in total. The molecule has 35 heavy (non-hydrogen) atoms. The second-order valence-corrected chi connectivity index (χ2v) is 8.99. The van der Waals surface area contributed by atoms with Crippen molar-refractivity contribution in [2.45, 2.75) is 20.0 Å². The molecule has 180 valence electrons. The van der Waals surface area contributed by atoms with Crippen molar-refractivity contribution in [2.24, 2.45) is 0 Å². The second kappa shape index (κ2) is 9.14. The predicted molar refractivity (Wildman–Crippen MR) is 133 cm³/mol. The Bertz CT molecular complexity index is 1430. The average Bonchev–Trinajstić information content (AvgIpc) is 3.04. The van der Waals surface area contributed by atoms with Gasteiger partial charge in [-0.2, -0.15) is 13.2 Å². The van der Waals surface area contributed by atoms with Crippen LogP contribution in [0.2, 0.25) is 10.0 Å². The van der Waals surface area contributed by atoms with E-state index < -0.39 is 23.6 Å². The van der Waals surface area contributed by atoms with E-state index in [0.29, 0.717) is 27.0 Å². The van der Waals surface area contributed by atoms with Crippen LogP contribution < -0.4 is 10.2 Å². The Morgan fingerprint density at radius 1 is 1.03 bits per heavy atom. The normalized spacial score (nSPS) is 15.7. The number of hydrogen-bond donors (Lipinski definition) is 1. The van der Waals surface area contributed by atoms with E-state index in [-0.39, 0.29) is 16.4 Å². The molecule has 0 radical (unpaired) electrons. The van der Waals surface area contributed by atoms with Gasteiger partial charge >= 0.3 is 6.18 Å². The number of aromatic nitrogens is 1. The van der Waals surface area contributed by atoms with Crippen molar-refractivity contribution >= 4 is 64.1 Å². The van der Waals surface area contributed by atoms with E-state index >= 15 is 0 Å². The van der Waals surface area contributed by atoms with Crippen LogP contribution in [0.4, 0.5) is 18.9 Å². The molecule has 1 aliphatic heterocycles. The lowest BCUT2D eigenvalue weighted by molar-refractivity contribution is -0.137. The molecule has 2 aromatic carbocycles. The van der Waals surface area contributed by atoms with E-state index in [1.165, 1.54) is 12.1 Å². The van der Waals surface area contributed by atoms with Crippen molar-refractivity contribution in [3.05, 3.63) is 86.7 Å². The average molecular weight is 538 g/mol. The molecule has 0 aliphatic carbocycles. The van der Waals surface area contributed by atoms with Crippen molar-refractivity contribution in [2.75, 3.05) is 4.90 Å². The molecule has 0 unspecified atom stereocenters. The van der Waals surface area contributed by atoms with E-state index in [0.717, 1.165) is 28.8 Å². The number of carbonyl (C=O) groups excluding carboxylic acids is 2. The second-order valence-electron chi connectivity index (χ2n) is 7.76. The van der Waals surface area contributed by atoms with Gasteiger partial charge in [0.2, 0.25) is 0 Å². The van der Waals surface area contributed by atoms with Crippen molar-refractivity contribution < 1.29 is 22.8 Å². The first-order valence-electron chi connectivity index (χ1n) is 10.1. The van der Waals surface area contributed by atoms with Gasteiger partial charge in [0.05, 0.1) is 22.0 Å². The van der Waals surface area contributed by atoms with Crippen LogP contribution in [0.3, 0.4) is 0 Å². The number of nitrogens with zero attached hydrogens (tertiary/aromatic N) is 2. The van der Waals surface area contributed by atoms with E-state index in [9.17, 15) is 22.8 Å². The van der Waals surface area contributed by atoms with Crippen LogP contribution >= 0.6 is 35.4 Å². The zero-order chi connectivity index (χ0) is 25.7. The highest BCUT2D eigenvalue weighted by molar-refractivity contribution is 7.80. The van der Waals surface area contributed by atoms with Crippen LogP contribution in [-0.4, -0.2) is 21.5 Å². The minimum Gasteiger partial charge on any atom is -0.316 e. The zero-order valence-corrected chi connectivity index (χ0v) is 20.5. The molecule has 0 saturated carbocycles. The summed E-state index contributed by atoms with van der Waals surface area (Å²) in [7, 11) is 0. The predicted octanol–water partition coefficient (Wildman–Crippen LogP) is 6.25. The maximum Gasteiger partial charge on any atom is 0.416 e. The number of rotatable bonds is 3. The number of anilines is 1. The molecule has 0 spiro atoms. The SMILES string of the molecule is Cc1cc(/C=C2\C(=O)NC(=S)N(c3cccc(C(F)(F)F)c3)C2=O)c(C)n1-c1ccc(Cl)cc1Cl. The van der Waals surface area contributed by atoms with Gasteiger partial charge in [-0.1, -0.05) is 29.3 Å². The van der Waals surface area contributed by atoms with Gasteiger partial charge in [0.15, 0.2) is 5.11 Å². The summed E-state index contributed by atoms with van der Waals surface area (Å²) in [5, 5.41) is 2.95. The van der Waals surface area contributed by atoms with E-state index in [1.807, 2.05) is 11.5 Å². The summed E-state index contributed by atoms with van der Waals surface area (Å²) < 4.78 is 41.4. The van der Waals surface area contributed by atoms with Gasteiger partial charge < -0.3 is 4.57 Å². The Morgan fingerprint density at radius 2 is 1.74 bits per heavy atom. The molecule has 0 atom stereocenters. The molecule has 2 amide bonds. The molecule has 11 heteroatoms. The third-order valence-electron chi connectivity index (χ3n) is 5.45. The van der Waals surface area contributed by atoms with Crippen LogP contribution in [0, 0.1) is 13.8 Å². The van der Waals surface area contributed by atoms with Gasteiger partial charge in [0.1, 0.15) is 5.57 Å². The summed E-state index contributed by atoms with van der Waals surface area (Å²) in [4.78, 5) is 26.8. The van der Waals surface area contributed by atoms with E-state index in [1.54, 1.807) is 31.2 Å². The van der Waals surface area contributed by atoms with Gasteiger partial charge in [0.25, 0.3) is 11.8 Å². The summed E-state index contributed by atoms with van der Waals surface area (Å²) in [6, 6.07) is 10.9. The number of alkyl halides is 3. The maximum atomic E-state index is 13.3. The fourth-order valence-corrected chi connectivity index (χ4v) is 4.61. The minimum absolute atomic E-state index is 0.112. The number of thiocarbonyl (C=S) groups is 1. The molecular formula is C24H16Cl2F3N3O2S.